The number of urea groups is 1. The molecule has 2 N–H and O–H groups in total. The summed E-state index contributed by atoms with van der Waals surface area (Å²) in [5.41, 5.74) is 3.31. The second-order valence-corrected chi connectivity index (χ2v) is 9.14. The first-order valence-corrected chi connectivity index (χ1v) is 11.5. The van der Waals surface area contributed by atoms with Crippen LogP contribution >= 0.6 is 0 Å². The molecular weight excluding hydrogens is 386 g/mol. The maximum Gasteiger partial charge on any atom is 0.317 e. The van der Waals surface area contributed by atoms with Crippen LogP contribution in [0.1, 0.15) is 60.0 Å². The van der Waals surface area contributed by atoms with Crippen LogP contribution in [-0.4, -0.2) is 42.5 Å². The Balaban J connectivity index is 1.35. The van der Waals surface area contributed by atoms with Crippen LogP contribution in [0.3, 0.4) is 0 Å². The Morgan fingerprint density at radius 2 is 1.81 bits per heavy atom. The lowest BCUT2D eigenvalue weighted by atomic mass is 9.78. The number of carbonyl (C=O) groups is 2. The van der Waals surface area contributed by atoms with E-state index in [9.17, 15) is 9.59 Å². The molecule has 1 heterocycles. The van der Waals surface area contributed by atoms with E-state index < -0.39 is 0 Å². The summed E-state index contributed by atoms with van der Waals surface area (Å²) in [5.74, 6) is -0.0720. The summed E-state index contributed by atoms with van der Waals surface area (Å²) in [5, 5.41) is 6.33. The molecule has 2 fully saturated rings. The molecule has 1 aliphatic carbocycles. The minimum Gasteiger partial charge on any atom is -0.348 e. The second kappa shape index (κ2) is 9.54. The maximum absolute atomic E-state index is 13.0. The van der Waals surface area contributed by atoms with Gasteiger partial charge in [0.05, 0.1) is 0 Å². The highest BCUT2D eigenvalue weighted by Gasteiger charge is 2.36. The molecule has 1 saturated carbocycles. The third kappa shape index (κ3) is 5.09. The van der Waals surface area contributed by atoms with Crippen LogP contribution in [0.2, 0.25) is 0 Å². The summed E-state index contributed by atoms with van der Waals surface area (Å²) in [4.78, 5) is 27.3. The normalized spacial score (nSPS) is 20.3. The van der Waals surface area contributed by atoms with Gasteiger partial charge in [-0.15, -0.1) is 0 Å². The molecule has 0 bridgehead atoms. The van der Waals surface area contributed by atoms with Gasteiger partial charge in [0.2, 0.25) is 0 Å². The van der Waals surface area contributed by atoms with Gasteiger partial charge >= 0.3 is 6.03 Å². The molecule has 0 radical (unpaired) electrons. The van der Waals surface area contributed by atoms with Gasteiger partial charge in [-0.2, -0.15) is 0 Å². The van der Waals surface area contributed by atoms with Crippen molar-refractivity contribution in [1.29, 1.82) is 0 Å². The Morgan fingerprint density at radius 3 is 2.55 bits per heavy atom. The number of likely N-dealkylation sites (tertiary alicyclic amines) is 1. The van der Waals surface area contributed by atoms with Crippen molar-refractivity contribution in [2.24, 2.45) is 0 Å². The average Bonchev–Trinajstić information content (AvgIpc) is 3.28. The molecule has 4 rings (SSSR count). The second-order valence-electron chi connectivity index (χ2n) is 9.14. The zero-order chi connectivity index (χ0) is 21.7. The summed E-state index contributed by atoms with van der Waals surface area (Å²) < 4.78 is 0. The highest BCUT2D eigenvalue weighted by atomic mass is 16.2. The van der Waals surface area contributed by atoms with E-state index in [-0.39, 0.29) is 23.4 Å². The minimum absolute atomic E-state index is 0.00980. The number of nitrogens with one attached hydrogen (secondary N) is 2. The average molecular weight is 420 g/mol. The van der Waals surface area contributed by atoms with Crippen LogP contribution in [0.4, 0.5) is 4.79 Å². The van der Waals surface area contributed by atoms with Gasteiger partial charge in [-0.25, -0.2) is 4.79 Å². The SMILES string of the molecule is Cc1cccc(C2(CNC(=O)N3CCCC(NC(=O)c4ccccc4)C3)CCCC2)c1. The monoisotopic (exact) mass is 419 g/mol. The van der Waals surface area contributed by atoms with Crippen LogP contribution in [-0.2, 0) is 5.41 Å². The van der Waals surface area contributed by atoms with Gasteiger partial charge in [-0.05, 0) is 50.3 Å². The van der Waals surface area contributed by atoms with Crippen molar-refractivity contribution in [3.8, 4) is 0 Å². The van der Waals surface area contributed by atoms with E-state index in [1.165, 1.54) is 24.0 Å². The highest BCUT2D eigenvalue weighted by Crippen LogP contribution is 2.40. The number of aryl methyl sites for hydroxylation is 1. The quantitative estimate of drug-likeness (QED) is 0.754. The van der Waals surface area contributed by atoms with Crippen molar-refractivity contribution in [3.05, 3.63) is 71.3 Å². The zero-order valence-electron chi connectivity index (χ0n) is 18.4. The first-order chi connectivity index (χ1) is 15.1. The first kappa shape index (κ1) is 21.4. The Hall–Kier alpha value is -2.82. The fraction of sp³-hybridized carbons (Fsp3) is 0.462. The highest BCUT2D eigenvalue weighted by molar-refractivity contribution is 5.94. The largest absolute Gasteiger partial charge is 0.348 e. The van der Waals surface area contributed by atoms with Crippen LogP contribution < -0.4 is 10.6 Å². The summed E-state index contributed by atoms with van der Waals surface area (Å²) >= 11 is 0. The van der Waals surface area contributed by atoms with Gasteiger partial charge in [0.15, 0.2) is 0 Å². The molecule has 5 heteroatoms. The first-order valence-electron chi connectivity index (χ1n) is 11.5. The van der Waals surface area contributed by atoms with Crippen molar-refractivity contribution in [2.45, 2.75) is 56.9 Å². The lowest BCUT2D eigenvalue weighted by Gasteiger charge is -2.35. The standard InChI is InChI=1S/C26H33N3O2/c1-20-9-7-12-22(17-20)26(14-5-6-15-26)19-27-25(31)29-16-8-13-23(18-29)28-24(30)21-10-3-2-4-11-21/h2-4,7,9-12,17,23H,5-6,8,13-16,18-19H2,1H3,(H,27,31)(H,28,30). The lowest BCUT2D eigenvalue weighted by molar-refractivity contribution is 0.0910. The van der Waals surface area contributed by atoms with Crippen LogP contribution in [0, 0.1) is 6.92 Å². The molecule has 31 heavy (non-hydrogen) atoms. The van der Waals surface area contributed by atoms with Crippen molar-refractivity contribution < 1.29 is 9.59 Å². The van der Waals surface area contributed by atoms with Crippen LogP contribution in [0.5, 0.6) is 0 Å². The molecule has 2 aromatic carbocycles. The van der Waals surface area contributed by atoms with Crippen LogP contribution in [0.15, 0.2) is 54.6 Å². The molecule has 1 unspecified atom stereocenters. The zero-order valence-corrected chi connectivity index (χ0v) is 18.4. The molecule has 1 saturated heterocycles. The fourth-order valence-electron chi connectivity index (χ4n) is 5.09. The van der Waals surface area contributed by atoms with Crippen molar-refractivity contribution in [2.75, 3.05) is 19.6 Å². The molecule has 2 aromatic rings. The Bertz CT molecular complexity index is 906. The molecular formula is C26H33N3O2. The summed E-state index contributed by atoms with van der Waals surface area (Å²) in [6.45, 7) is 4.10. The predicted molar refractivity (Wildman–Crippen MR) is 123 cm³/mol. The lowest BCUT2D eigenvalue weighted by Crippen LogP contribution is -2.53. The minimum atomic E-state index is -0.0720. The van der Waals surface area contributed by atoms with Crippen molar-refractivity contribution >= 4 is 11.9 Å². The summed E-state index contributed by atoms with van der Waals surface area (Å²) in [6, 6.07) is 18.0. The number of carbonyl (C=O) groups excluding carboxylic acids is 2. The molecule has 3 amide bonds. The molecule has 0 spiro atoms. The number of piperidine rings is 1. The van der Waals surface area contributed by atoms with E-state index in [0.29, 0.717) is 18.7 Å². The van der Waals surface area contributed by atoms with Gasteiger partial charge in [-0.3, -0.25) is 4.79 Å². The number of amides is 3. The molecule has 164 valence electrons. The molecule has 5 nitrogen and oxygen atoms in total. The third-order valence-electron chi connectivity index (χ3n) is 6.85. The van der Waals surface area contributed by atoms with E-state index >= 15 is 0 Å². The number of hydrogen-bond donors (Lipinski definition) is 2. The molecule has 0 aromatic heterocycles. The number of hydrogen-bond acceptors (Lipinski definition) is 2. The molecule has 1 aliphatic heterocycles. The van der Waals surface area contributed by atoms with Gasteiger partial charge < -0.3 is 15.5 Å². The van der Waals surface area contributed by atoms with E-state index in [4.69, 9.17) is 0 Å². The number of rotatable bonds is 5. The summed E-state index contributed by atoms with van der Waals surface area (Å²) in [7, 11) is 0. The van der Waals surface area contributed by atoms with Gasteiger partial charge in [0.25, 0.3) is 5.91 Å². The van der Waals surface area contributed by atoms with E-state index in [0.717, 1.165) is 32.2 Å². The predicted octanol–water partition coefficient (Wildman–Crippen LogP) is 4.41. The number of benzene rings is 2. The van der Waals surface area contributed by atoms with Gasteiger partial charge in [0.1, 0.15) is 0 Å². The van der Waals surface area contributed by atoms with Crippen molar-refractivity contribution in [1.82, 2.24) is 15.5 Å². The maximum atomic E-state index is 13.0. The topological polar surface area (TPSA) is 61.4 Å². The fourth-order valence-corrected chi connectivity index (χ4v) is 5.09. The third-order valence-corrected chi connectivity index (χ3v) is 6.85. The summed E-state index contributed by atoms with van der Waals surface area (Å²) in [6.07, 6.45) is 6.45. The Morgan fingerprint density at radius 1 is 1.03 bits per heavy atom. The van der Waals surface area contributed by atoms with E-state index in [2.05, 4.69) is 41.8 Å². The van der Waals surface area contributed by atoms with E-state index in [1.807, 2.05) is 35.2 Å². The van der Waals surface area contributed by atoms with Gasteiger partial charge in [0, 0.05) is 36.7 Å². The smallest absolute Gasteiger partial charge is 0.317 e. The van der Waals surface area contributed by atoms with Gasteiger partial charge in [-0.1, -0.05) is 60.9 Å². The number of nitrogens with zero attached hydrogens (tertiary/aromatic N) is 1. The Labute approximate surface area is 185 Å². The van der Waals surface area contributed by atoms with Crippen molar-refractivity contribution in [3.63, 3.8) is 0 Å². The van der Waals surface area contributed by atoms with Crippen LogP contribution in [0.25, 0.3) is 0 Å². The molecule has 2 aliphatic rings. The Kier molecular flexibility index (Phi) is 6.59. The molecule has 1 atom stereocenters. The van der Waals surface area contributed by atoms with E-state index in [1.54, 1.807) is 0 Å².